The molecule has 1 saturated heterocycles. The molecule has 0 saturated carbocycles. The highest BCUT2D eigenvalue weighted by molar-refractivity contribution is 5.89. The Morgan fingerprint density at radius 3 is 2.82 bits per heavy atom. The van der Waals surface area contributed by atoms with Crippen molar-refractivity contribution in [3.8, 4) is 11.5 Å². The fourth-order valence-electron chi connectivity index (χ4n) is 3.59. The molecule has 1 spiro atoms. The van der Waals surface area contributed by atoms with Gasteiger partial charge in [0, 0.05) is 43.2 Å². The van der Waals surface area contributed by atoms with Gasteiger partial charge in [-0.25, -0.2) is 9.18 Å². The van der Waals surface area contributed by atoms with Gasteiger partial charge in [0.05, 0.1) is 0 Å². The first-order chi connectivity index (χ1) is 13.7. The topological polar surface area (TPSA) is 50.8 Å². The van der Waals surface area contributed by atoms with E-state index in [1.54, 1.807) is 29.2 Å². The number of halogens is 1. The molecule has 0 aliphatic carbocycles. The van der Waals surface area contributed by atoms with Gasteiger partial charge in [-0.15, -0.1) is 0 Å². The molecular weight excluding hydrogens is 359 g/mol. The molecule has 28 heavy (non-hydrogen) atoms. The highest BCUT2D eigenvalue weighted by Gasteiger charge is 2.37. The molecule has 0 radical (unpaired) electrons. The predicted octanol–water partition coefficient (Wildman–Crippen LogP) is 4.51. The smallest absolute Gasteiger partial charge is 0.321 e. The van der Waals surface area contributed by atoms with Gasteiger partial charge in [-0.1, -0.05) is 30.3 Å². The number of nitrogens with one attached hydrogen (secondary N) is 1. The monoisotopic (exact) mass is 382 g/mol. The second-order valence-corrected chi connectivity index (χ2v) is 7.02. The molecule has 0 aromatic heterocycles. The molecule has 2 aromatic carbocycles. The zero-order valence-corrected chi connectivity index (χ0v) is 15.6. The second-order valence-electron chi connectivity index (χ2n) is 7.02. The summed E-state index contributed by atoms with van der Waals surface area (Å²) in [7, 11) is 0. The van der Waals surface area contributed by atoms with Crippen LogP contribution in [-0.2, 0) is 0 Å². The van der Waals surface area contributed by atoms with Crippen molar-refractivity contribution in [1.82, 2.24) is 4.90 Å². The van der Waals surface area contributed by atoms with Crippen molar-refractivity contribution in [2.75, 3.05) is 31.7 Å². The number of benzene rings is 2. The van der Waals surface area contributed by atoms with Crippen LogP contribution in [0.4, 0.5) is 14.9 Å². The highest BCUT2D eigenvalue weighted by Crippen LogP contribution is 2.37. The van der Waals surface area contributed by atoms with Crippen LogP contribution in [-0.4, -0.2) is 42.9 Å². The summed E-state index contributed by atoms with van der Waals surface area (Å²) in [6.07, 6.45) is 5.71. The summed E-state index contributed by atoms with van der Waals surface area (Å²) in [6.45, 7) is 0.669. The molecule has 5 nitrogen and oxygen atoms in total. The summed E-state index contributed by atoms with van der Waals surface area (Å²) >= 11 is 0. The van der Waals surface area contributed by atoms with Gasteiger partial charge >= 0.3 is 6.03 Å². The molecule has 0 bridgehead atoms. The van der Waals surface area contributed by atoms with Gasteiger partial charge in [0.1, 0.15) is 30.4 Å². The molecule has 2 aromatic rings. The summed E-state index contributed by atoms with van der Waals surface area (Å²) in [5.41, 5.74) is 1.37. The molecule has 2 aliphatic heterocycles. The zero-order valence-electron chi connectivity index (χ0n) is 15.6. The van der Waals surface area contributed by atoms with Crippen LogP contribution in [0.5, 0.6) is 11.5 Å². The first-order valence-electron chi connectivity index (χ1n) is 9.50. The number of hydrogen-bond acceptors (Lipinski definition) is 3. The Morgan fingerprint density at radius 2 is 2.00 bits per heavy atom. The van der Waals surface area contributed by atoms with Crippen molar-refractivity contribution in [1.29, 1.82) is 0 Å². The van der Waals surface area contributed by atoms with E-state index in [0.717, 1.165) is 24.2 Å². The van der Waals surface area contributed by atoms with Crippen LogP contribution in [0.3, 0.4) is 0 Å². The van der Waals surface area contributed by atoms with Gasteiger partial charge in [0.25, 0.3) is 0 Å². The normalized spacial score (nSPS) is 17.0. The number of anilines is 1. The fourth-order valence-corrected chi connectivity index (χ4v) is 3.59. The average molecular weight is 382 g/mol. The van der Waals surface area contributed by atoms with Crippen molar-refractivity contribution in [2.24, 2.45) is 0 Å². The Bertz CT molecular complexity index is 876. The zero-order chi connectivity index (χ0) is 19.4. The number of piperidine rings is 1. The average Bonchev–Trinajstić information content (AvgIpc) is 2.73. The second kappa shape index (κ2) is 7.92. The van der Waals surface area contributed by atoms with E-state index in [-0.39, 0.29) is 18.2 Å². The number of rotatable bonds is 4. The summed E-state index contributed by atoms with van der Waals surface area (Å²) < 4.78 is 23.8. The Hall–Kier alpha value is -3.02. The fraction of sp³-hybridized carbons (Fsp3) is 0.318. The molecule has 0 atom stereocenters. The van der Waals surface area contributed by atoms with Crippen LogP contribution >= 0.6 is 0 Å². The molecule has 2 heterocycles. The Morgan fingerprint density at radius 1 is 1.18 bits per heavy atom. The lowest BCUT2D eigenvalue weighted by molar-refractivity contribution is 0.0519. The number of fused-ring (bicyclic) bond motifs is 1. The maximum Gasteiger partial charge on any atom is 0.321 e. The van der Waals surface area contributed by atoms with E-state index < -0.39 is 6.67 Å². The number of hydrogen-bond donors (Lipinski definition) is 1. The number of likely N-dealkylation sites (tertiary alicyclic amines) is 1. The standard InChI is InChI=1S/C22H23FN2O3/c23-12-15-27-19-6-3-5-18(16-19)24-21(26)25-13-10-22(11-14-25)9-8-17-4-1-2-7-20(17)28-22/h1-9,16H,10-15H2,(H,24,26). The maximum absolute atomic E-state index is 12.6. The quantitative estimate of drug-likeness (QED) is 0.847. The van der Waals surface area contributed by atoms with Gasteiger partial charge in [0.15, 0.2) is 0 Å². The van der Waals surface area contributed by atoms with Crippen LogP contribution in [0.25, 0.3) is 6.08 Å². The van der Waals surface area contributed by atoms with Gasteiger partial charge < -0.3 is 19.7 Å². The van der Waals surface area contributed by atoms with Crippen LogP contribution in [0.2, 0.25) is 0 Å². The summed E-state index contributed by atoms with van der Waals surface area (Å²) in [5.74, 6) is 1.43. The molecular formula is C22H23FN2O3. The lowest BCUT2D eigenvalue weighted by Gasteiger charge is -2.41. The van der Waals surface area contributed by atoms with E-state index in [9.17, 15) is 9.18 Å². The molecule has 2 aliphatic rings. The van der Waals surface area contributed by atoms with Gasteiger partial charge in [-0.05, 0) is 24.3 Å². The summed E-state index contributed by atoms with van der Waals surface area (Å²) in [4.78, 5) is 14.4. The lowest BCUT2D eigenvalue weighted by Crippen LogP contribution is -2.50. The van der Waals surface area contributed by atoms with Crippen molar-refractivity contribution >= 4 is 17.8 Å². The van der Waals surface area contributed by atoms with Crippen LogP contribution in [0.1, 0.15) is 18.4 Å². The Kier molecular flexibility index (Phi) is 5.19. The lowest BCUT2D eigenvalue weighted by atomic mass is 9.88. The van der Waals surface area contributed by atoms with E-state index in [1.165, 1.54) is 0 Å². The number of alkyl halides is 1. The first-order valence-corrected chi connectivity index (χ1v) is 9.50. The third-order valence-electron chi connectivity index (χ3n) is 5.13. The number of ether oxygens (including phenoxy) is 2. The van der Waals surface area contributed by atoms with E-state index in [2.05, 4.69) is 17.5 Å². The maximum atomic E-state index is 12.6. The minimum Gasteiger partial charge on any atom is -0.491 e. The number of carbonyl (C=O) groups excluding carboxylic acids is 1. The molecule has 0 unspecified atom stereocenters. The van der Waals surface area contributed by atoms with Crippen LogP contribution in [0.15, 0.2) is 54.6 Å². The first kappa shape index (κ1) is 18.3. The summed E-state index contributed by atoms with van der Waals surface area (Å²) in [6, 6.07) is 14.8. The predicted molar refractivity (Wildman–Crippen MR) is 107 cm³/mol. The number of amides is 2. The number of para-hydroxylation sites is 1. The number of urea groups is 1. The van der Waals surface area contributed by atoms with Gasteiger partial charge in [-0.2, -0.15) is 0 Å². The molecule has 6 heteroatoms. The van der Waals surface area contributed by atoms with Crippen molar-refractivity contribution in [2.45, 2.75) is 18.4 Å². The van der Waals surface area contributed by atoms with E-state index in [0.29, 0.717) is 24.5 Å². The van der Waals surface area contributed by atoms with Crippen molar-refractivity contribution < 1.29 is 18.7 Å². The molecule has 4 rings (SSSR count). The van der Waals surface area contributed by atoms with Crippen molar-refractivity contribution in [3.05, 3.63) is 60.2 Å². The third kappa shape index (κ3) is 3.96. The largest absolute Gasteiger partial charge is 0.491 e. The SMILES string of the molecule is O=C(Nc1cccc(OCCF)c1)N1CCC2(C=Cc3ccccc3O2)CC1. The van der Waals surface area contributed by atoms with Crippen LogP contribution < -0.4 is 14.8 Å². The Labute approximate surface area is 163 Å². The molecule has 1 N–H and O–H groups in total. The minimum atomic E-state index is -0.549. The number of nitrogens with zero attached hydrogens (tertiary/aromatic N) is 1. The van der Waals surface area contributed by atoms with Crippen molar-refractivity contribution in [3.63, 3.8) is 0 Å². The highest BCUT2D eigenvalue weighted by atomic mass is 19.1. The van der Waals surface area contributed by atoms with E-state index >= 15 is 0 Å². The molecule has 146 valence electrons. The Balaban J connectivity index is 1.35. The van der Waals surface area contributed by atoms with E-state index in [1.807, 2.05) is 24.3 Å². The van der Waals surface area contributed by atoms with Gasteiger partial charge in [-0.3, -0.25) is 0 Å². The molecule has 1 fully saturated rings. The van der Waals surface area contributed by atoms with Gasteiger partial charge in [0.2, 0.25) is 0 Å². The van der Waals surface area contributed by atoms with E-state index in [4.69, 9.17) is 9.47 Å². The third-order valence-corrected chi connectivity index (χ3v) is 5.13. The minimum absolute atomic E-state index is 0.00224. The summed E-state index contributed by atoms with van der Waals surface area (Å²) in [5, 5.41) is 2.89. The molecule has 2 amide bonds. The number of carbonyl (C=O) groups is 1. The van der Waals surface area contributed by atoms with Crippen LogP contribution in [0, 0.1) is 0 Å².